The molecule has 0 saturated carbocycles. The lowest BCUT2D eigenvalue weighted by molar-refractivity contribution is -0.113. The first-order chi connectivity index (χ1) is 16.3. The highest BCUT2D eigenvalue weighted by molar-refractivity contribution is 7.99. The molecule has 0 radical (unpaired) electrons. The van der Waals surface area contributed by atoms with E-state index in [0.29, 0.717) is 33.8 Å². The molecule has 1 heterocycles. The van der Waals surface area contributed by atoms with Crippen LogP contribution < -0.4 is 10.6 Å². The molecule has 11 heteroatoms. The number of amides is 2. The van der Waals surface area contributed by atoms with Crippen molar-refractivity contribution in [2.45, 2.75) is 24.7 Å². The van der Waals surface area contributed by atoms with E-state index in [0.717, 1.165) is 0 Å². The third kappa shape index (κ3) is 6.46. The number of aromatic carboxylic acids is 1. The van der Waals surface area contributed by atoms with Crippen LogP contribution in [0.1, 0.15) is 39.5 Å². The predicted octanol–water partition coefficient (Wildman–Crippen LogP) is 4.04. The number of rotatable bonds is 10. The molecular formula is C23H22ClN5O4S. The van der Waals surface area contributed by atoms with E-state index < -0.39 is 12.0 Å². The van der Waals surface area contributed by atoms with Crippen LogP contribution >= 0.6 is 23.4 Å². The smallest absolute Gasteiger partial charge is 0.335 e. The average molecular weight is 500 g/mol. The lowest BCUT2D eigenvalue weighted by Crippen LogP contribution is -2.28. The molecule has 0 aliphatic rings. The van der Waals surface area contributed by atoms with Crippen LogP contribution in [0.25, 0.3) is 0 Å². The van der Waals surface area contributed by atoms with Gasteiger partial charge in [0.05, 0.1) is 17.4 Å². The van der Waals surface area contributed by atoms with E-state index in [9.17, 15) is 14.4 Å². The van der Waals surface area contributed by atoms with Gasteiger partial charge in [0, 0.05) is 22.8 Å². The zero-order valence-electron chi connectivity index (χ0n) is 18.2. The molecule has 0 aliphatic heterocycles. The lowest BCUT2D eigenvalue weighted by atomic mass is 10.2. The Bertz CT molecular complexity index is 1210. The molecule has 0 saturated heterocycles. The van der Waals surface area contributed by atoms with Gasteiger partial charge in [-0.15, -0.1) is 16.8 Å². The number of nitrogens with zero attached hydrogens (tertiary/aromatic N) is 3. The quantitative estimate of drug-likeness (QED) is 0.284. The molecule has 1 aromatic heterocycles. The number of carbonyl (C=O) groups is 3. The van der Waals surface area contributed by atoms with Crippen LogP contribution in [0.2, 0.25) is 5.02 Å². The number of allylic oxidation sites excluding steroid dienone is 1. The largest absolute Gasteiger partial charge is 0.478 e. The van der Waals surface area contributed by atoms with Crippen molar-refractivity contribution < 1.29 is 19.5 Å². The van der Waals surface area contributed by atoms with Gasteiger partial charge in [-0.3, -0.25) is 9.59 Å². The second-order valence-corrected chi connectivity index (χ2v) is 8.54. The third-order valence-electron chi connectivity index (χ3n) is 4.62. The maximum absolute atomic E-state index is 12.5. The molecule has 0 aliphatic carbocycles. The molecule has 2 amide bonds. The highest BCUT2D eigenvalue weighted by Gasteiger charge is 2.20. The maximum Gasteiger partial charge on any atom is 0.335 e. The van der Waals surface area contributed by atoms with Gasteiger partial charge in [-0.2, -0.15) is 0 Å². The van der Waals surface area contributed by atoms with Crippen LogP contribution in [0.5, 0.6) is 0 Å². The zero-order valence-corrected chi connectivity index (χ0v) is 19.8. The first-order valence-electron chi connectivity index (χ1n) is 10.1. The molecule has 2 aromatic carbocycles. The van der Waals surface area contributed by atoms with E-state index in [1.54, 1.807) is 54.0 Å². The monoisotopic (exact) mass is 499 g/mol. The van der Waals surface area contributed by atoms with Gasteiger partial charge < -0.3 is 20.3 Å². The highest BCUT2D eigenvalue weighted by Crippen LogP contribution is 2.22. The first-order valence-corrected chi connectivity index (χ1v) is 11.5. The summed E-state index contributed by atoms with van der Waals surface area (Å²) in [6.45, 7) is 5.92. The molecule has 3 N–H and O–H groups in total. The number of hydrogen-bond acceptors (Lipinski definition) is 6. The van der Waals surface area contributed by atoms with E-state index in [2.05, 4.69) is 27.4 Å². The van der Waals surface area contributed by atoms with Crippen LogP contribution in [0, 0.1) is 0 Å². The number of carbonyl (C=O) groups excluding carboxylic acids is 2. The number of carboxylic acid groups (broad SMARTS) is 1. The van der Waals surface area contributed by atoms with Crippen molar-refractivity contribution in [3.8, 4) is 0 Å². The summed E-state index contributed by atoms with van der Waals surface area (Å²) >= 11 is 7.04. The fraction of sp³-hybridized carbons (Fsp3) is 0.174. The van der Waals surface area contributed by atoms with Gasteiger partial charge in [0.2, 0.25) is 5.91 Å². The van der Waals surface area contributed by atoms with E-state index in [-0.39, 0.29) is 23.1 Å². The van der Waals surface area contributed by atoms with Crippen LogP contribution in [-0.2, 0) is 11.3 Å². The Kier molecular flexibility index (Phi) is 8.44. The van der Waals surface area contributed by atoms with Crippen molar-refractivity contribution in [1.82, 2.24) is 20.1 Å². The summed E-state index contributed by atoms with van der Waals surface area (Å²) in [6.07, 6.45) is 1.67. The Balaban J connectivity index is 1.66. The number of benzene rings is 2. The number of halogens is 1. The van der Waals surface area contributed by atoms with E-state index in [1.807, 2.05) is 0 Å². The number of carboxylic acids is 1. The molecular weight excluding hydrogens is 478 g/mol. The Morgan fingerprint density at radius 2 is 1.91 bits per heavy atom. The SMILES string of the molecule is C=CCn1c(SCC(=O)Nc2cccc(C(=O)O)c2)nnc1[C@H](C)NC(=O)c1ccc(Cl)cc1. The van der Waals surface area contributed by atoms with Crippen molar-refractivity contribution in [1.29, 1.82) is 0 Å². The average Bonchev–Trinajstić information content (AvgIpc) is 3.21. The van der Waals surface area contributed by atoms with Crippen molar-refractivity contribution in [2.75, 3.05) is 11.1 Å². The first kappa shape index (κ1) is 25.0. The Hall–Kier alpha value is -3.63. The topological polar surface area (TPSA) is 126 Å². The summed E-state index contributed by atoms with van der Waals surface area (Å²) in [5.41, 5.74) is 0.928. The van der Waals surface area contributed by atoms with Crippen molar-refractivity contribution >= 4 is 46.8 Å². The summed E-state index contributed by atoms with van der Waals surface area (Å²) in [5.74, 6) is -1.15. The molecule has 0 spiro atoms. The summed E-state index contributed by atoms with van der Waals surface area (Å²) in [4.78, 5) is 36.0. The van der Waals surface area contributed by atoms with E-state index in [4.69, 9.17) is 16.7 Å². The molecule has 3 rings (SSSR count). The fourth-order valence-corrected chi connectivity index (χ4v) is 3.91. The van der Waals surface area contributed by atoms with Gasteiger partial charge in [0.25, 0.3) is 5.91 Å². The maximum atomic E-state index is 12.5. The molecule has 9 nitrogen and oxygen atoms in total. The second-order valence-electron chi connectivity index (χ2n) is 7.16. The van der Waals surface area contributed by atoms with Gasteiger partial charge in [-0.05, 0) is 49.4 Å². The van der Waals surface area contributed by atoms with Crippen molar-refractivity contribution in [3.05, 3.63) is 83.2 Å². The van der Waals surface area contributed by atoms with E-state index >= 15 is 0 Å². The van der Waals surface area contributed by atoms with Gasteiger partial charge in [0.1, 0.15) is 0 Å². The molecule has 34 heavy (non-hydrogen) atoms. The van der Waals surface area contributed by atoms with Crippen LogP contribution in [0.3, 0.4) is 0 Å². The molecule has 0 fully saturated rings. The number of nitrogens with one attached hydrogen (secondary N) is 2. The summed E-state index contributed by atoms with van der Waals surface area (Å²) in [5, 5.41) is 24.0. The lowest BCUT2D eigenvalue weighted by Gasteiger charge is -2.15. The predicted molar refractivity (Wildman–Crippen MR) is 130 cm³/mol. The van der Waals surface area contributed by atoms with Gasteiger partial charge >= 0.3 is 5.97 Å². The zero-order chi connectivity index (χ0) is 24.7. The normalized spacial score (nSPS) is 11.5. The Labute approximate surface area is 205 Å². The Morgan fingerprint density at radius 3 is 2.59 bits per heavy atom. The van der Waals surface area contributed by atoms with Gasteiger partial charge in [-0.1, -0.05) is 35.5 Å². The second kappa shape index (κ2) is 11.5. The number of aromatic nitrogens is 3. The Morgan fingerprint density at radius 1 is 1.18 bits per heavy atom. The summed E-state index contributed by atoms with van der Waals surface area (Å²) in [7, 11) is 0. The minimum atomic E-state index is -1.08. The molecule has 0 unspecified atom stereocenters. The van der Waals surface area contributed by atoms with Crippen molar-refractivity contribution in [3.63, 3.8) is 0 Å². The van der Waals surface area contributed by atoms with Gasteiger partial charge in [-0.25, -0.2) is 4.79 Å². The molecule has 0 bridgehead atoms. The number of anilines is 1. The third-order valence-corrected chi connectivity index (χ3v) is 5.84. The molecule has 1 atom stereocenters. The van der Waals surface area contributed by atoms with E-state index in [1.165, 1.54) is 23.9 Å². The van der Waals surface area contributed by atoms with Gasteiger partial charge in [0.15, 0.2) is 11.0 Å². The minimum Gasteiger partial charge on any atom is -0.478 e. The van der Waals surface area contributed by atoms with Crippen LogP contribution in [0.4, 0.5) is 5.69 Å². The standard InChI is InChI=1S/C23H22ClN5O4S/c1-3-11-29-20(14(2)25-21(31)15-7-9-17(24)10-8-15)27-28-23(29)34-13-19(30)26-18-6-4-5-16(12-18)22(32)33/h3-10,12,14H,1,11,13H2,2H3,(H,25,31)(H,26,30)(H,32,33)/t14-/m0/s1. The fourth-order valence-electron chi connectivity index (χ4n) is 3.03. The number of thioether (sulfide) groups is 1. The highest BCUT2D eigenvalue weighted by atomic mass is 35.5. The summed E-state index contributed by atoms with van der Waals surface area (Å²) in [6, 6.07) is 12.1. The minimum absolute atomic E-state index is 0.0259. The van der Waals surface area contributed by atoms with Crippen LogP contribution in [-0.4, -0.2) is 43.4 Å². The molecule has 176 valence electrons. The number of hydrogen-bond donors (Lipinski definition) is 3. The van der Waals surface area contributed by atoms with Crippen LogP contribution in [0.15, 0.2) is 66.3 Å². The molecule has 3 aromatic rings. The van der Waals surface area contributed by atoms with Crippen molar-refractivity contribution in [2.24, 2.45) is 0 Å². The summed E-state index contributed by atoms with van der Waals surface area (Å²) < 4.78 is 1.77.